The van der Waals surface area contributed by atoms with Crippen molar-refractivity contribution in [1.29, 1.82) is 0 Å². The average molecular weight is 170 g/mol. The van der Waals surface area contributed by atoms with Gasteiger partial charge >= 0.3 is 0 Å². The van der Waals surface area contributed by atoms with Gasteiger partial charge in [0.15, 0.2) is 0 Å². The van der Waals surface area contributed by atoms with Gasteiger partial charge in [0.05, 0.1) is 0 Å². The van der Waals surface area contributed by atoms with Crippen LogP contribution in [-0.2, 0) is 0 Å². The molecule has 12 heavy (non-hydrogen) atoms. The highest BCUT2D eigenvalue weighted by molar-refractivity contribution is 4.73. The van der Waals surface area contributed by atoms with Crippen molar-refractivity contribution in [3.05, 3.63) is 0 Å². The smallest absolute Gasteiger partial charge is 0.0354 e. The molecule has 0 amide bonds. The van der Waals surface area contributed by atoms with Crippen LogP contribution < -0.4 is 0 Å². The Morgan fingerprint density at radius 1 is 0.917 bits per heavy atom. The summed E-state index contributed by atoms with van der Waals surface area (Å²) in [5, 5.41) is 0. The van der Waals surface area contributed by atoms with Gasteiger partial charge in [-0.2, -0.15) is 0 Å². The van der Waals surface area contributed by atoms with Crippen LogP contribution >= 0.6 is 0 Å². The number of hydrogen-bond donors (Lipinski definition) is 0. The van der Waals surface area contributed by atoms with E-state index in [4.69, 9.17) is 0 Å². The van der Waals surface area contributed by atoms with Gasteiger partial charge in [-0.3, -0.25) is 0 Å². The summed E-state index contributed by atoms with van der Waals surface area (Å²) in [7, 11) is 0. The predicted octanol–water partition coefficient (Wildman–Crippen LogP) is 4.64. The highest BCUT2D eigenvalue weighted by Crippen LogP contribution is 2.33. The summed E-state index contributed by atoms with van der Waals surface area (Å²) in [6.07, 6.45) is 6.92. The highest BCUT2D eigenvalue weighted by atomic mass is 14.3. The third-order valence-corrected chi connectivity index (χ3v) is 2.77. The second-order valence-corrected chi connectivity index (χ2v) is 4.99. The molecule has 0 aliphatic rings. The highest BCUT2D eigenvalue weighted by Gasteiger charge is 2.22. The maximum Gasteiger partial charge on any atom is -0.0354 e. The lowest BCUT2D eigenvalue weighted by molar-refractivity contribution is 0.206. The van der Waals surface area contributed by atoms with Gasteiger partial charge in [0.25, 0.3) is 0 Å². The number of unbranched alkanes of at least 4 members (excludes halogenated alkanes) is 1. The van der Waals surface area contributed by atoms with Gasteiger partial charge in [-0.1, -0.05) is 60.3 Å². The Morgan fingerprint density at radius 2 is 1.50 bits per heavy atom. The Labute approximate surface area is 78.8 Å². The van der Waals surface area contributed by atoms with Crippen LogP contribution in [0.1, 0.15) is 66.7 Å². The summed E-state index contributed by atoms with van der Waals surface area (Å²) in [6, 6.07) is 0. The molecule has 0 aromatic heterocycles. The lowest BCUT2D eigenvalue weighted by Crippen LogP contribution is -2.20. The molecular formula is C12H26. The molecule has 1 unspecified atom stereocenters. The Balaban J connectivity index is 3.86. The molecule has 0 aliphatic carbocycles. The Morgan fingerprint density at radius 3 is 1.83 bits per heavy atom. The second-order valence-electron chi connectivity index (χ2n) is 4.99. The standard InChI is InChI=1S/C12H26/c1-6-8-10-11(9-7-2)12(3,4)5/h11H,6-10H2,1-5H3. The molecule has 0 bridgehead atoms. The minimum Gasteiger partial charge on any atom is -0.0654 e. The molecular weight excluding hydrogens is 144 g/mol. The largest absolute Gasteiger partial charge is 0.0654 e. The number of hydrogen-bond acceptors (Lipinski definition) is 0. The monoisotopic (exact) mass is 170 g/mol. The first-order valence-electron chi connectivity index (χ1n) is 5.52. The van der Waals surface area contributed by atoms with Crippen molar-refractivity contribution in [2.24, 2.45) is 11.3 Å². The minimum atomic E-state index is 0.519. The topological polar surface area (TPSA) is 0 Å². The van der Waals surface area contributed by atoms with Crippen LogP contribution in [0.4, 0.5) is 0 Å². The summed E-state index contributed by atoms with van der Waals surface area (Å²) in [5.74, 6) is 0.933. The molecule has 0 spiro atoms. The van der Waals surface area contributed by atoms with Gasteiger partial charge in [-0.15, -0.1) is 0 Å². The molecule has 0 heteroatoms. The zero-order chi connectivity index (χ0) is 9.61. The van der Waals surface area contributed by atoms with Crippen molar-refractivity contribution in [2.45, 2.75) is 66.7 Å². The molecule has 0 nitrogen and oxygen atoms in total. The van der Waals surface area contributed by atoms with Crippen LogP contribution in [0.15, 0.2) is 0 Å². The van der Waals surface area contributed by atoms with Crippen molar-refractivity contribution in [3.63, 3.8) is 0 Å². The van der Waals surface area contributed by atoms with E-state index in [1.807, 2.05) is 0 Å². The van der Waals surface area contributed by atoms with Crippen LogP contribution in [0, 0.1) is 11.3 Å². The third kappa shape index (κ3) is 4.79. The van der Waals surface area contributed by atoms with Crippen molar-refractivity contribution < 1.29 is 0 Å². The first-order chi connectivity index (χ1) is 5.52. The summed E-state index contributed by atoms with van der Waals surface area (Å²) in [4.78, 5) is 0. The molecule has 0 aromatic carbocycles. The summed E-state index contributed by atoms with van der Waals surface area (Å²) in [5.41, 5.74) is 0.519. The first kappa shape index (κ1) is 12.0. The van der Waals surface area contributed by atoms with Crippen LogP contribution in [0.5, 0.6) is 0 Å². The van der Waals surface area contributed by atoms with Crippen molar-refractivity contribution >= 4 is 0 Å². The second kappa shape index (κ2) is 5.61. The van der Waals surface area contributed by atoms with Crippen molar-refractivity contribution in [2.75, 3.05) is 0 Å². The number of rotatable bonds is 5. The molecule has 0 N–H and O–H groups in total. The van der Waals surface area contributed by atoms with Gasteiger partial charge in [0.2, 0.25) is 0 Å². The van der Waals surface area contributed by atoms with Crippen LogP contribution in [0.3, 0.4) is 0 Å². The predicted molar refractivity (Wildman–Crippen MR) is 57.4 cm³/mol. The minimum absolute atomic E-state index is 0.519. The third-order valence-electron chi connectivity index (χ3n) is 2.77. The quantitative estimate of drug-likeness (QED) is 0.564. The molecule has 0 heterocycles. The van der Waals surface area contributed by atoms with Crippen LogP contribution in [0.2, 0.25) is 0 Å². The molecule has 0 fully saturated rings. The SMILES string of the molecule is CCCCC(CCC)C(C)(C)C. The van der Waals surface area contributed by atoms with E-state index in [0.717, 1.165) is 5.92 Å². The van der Waals surface area contributed by atoms with E-state index in [2.05, 4.69) is 34.6 Å². The maximum absolute atomic E-state index is 2.38. The summed E-state index contributed by atoms with van der Waals surface area (Å²) in [6.45, 7) is 11.7. The molecule has 0 aliphatic heterocycles. The van der Waals surface area contributed by atoms with Crippen molar-refractivity contribution in [1.82, 2.24) is 0 Å². The molecule has 0 saturated carbocycles. The fourth-order valence-electron chi connectivity index (χ4n) is 1.81. The zero-order valence-electron chi connectivity index (χ0n) is 9.61. The van der Waals surface area contributed by atoms with Gasteiger partial charge in [0, 0.05) is 0 Å². The van der Waals surface area contributed by atoms with E-state index in [-0.39, 0.29) is 0 Å². The van der Waals surface area contributed by atoms with E-state index in [1.54, 1.807) is 0 Å². The van der Waals surface area contributed by atoms with Crippen LogP contribution in [0.25, 0.3) is 0 Å². The Hall–Kier alpha value is 0. The maximum atomic E-state index is 2.38. The first-order valence-corrected chi connectivity index (χ1v) is 5.52. The lowest BCUT2D eigenvalue weighted by atomic mass is 9.75. The van der Waals surface area contributed by atoms with Crippen molar-refractivity contribution in [3.8, 4) is 0 Å². The van der Waals surface area contributed by atoms with Gasteiger partial charge in [-0.25, -0.2) is 0 Å². The van der Waals surface area contributed by atoms with E-state index in [9.17, 15) is 0 Å². The fourth-order valence-corrected chi connectivity index (χ4v) is 1.81. The summed E-state index contributed by atoms with van der Waals surface area (Å²) >= 11 is 0. The summed E-state index contributed by atoms with van der Waals surface area (Å²) < 4.78 is 0. The Kier molecular flexibility index (Phi) is 5.61. The molecule has 0 rings (SSSR count). The van der Waals surface area contributed by atoms with E-state index in [1.165, 1.54) is 32.1 Å². The Bertz CT molecular complexity index is 97.1. The van der Waals surface area contributed by atoms with Gasteiger partial charge in [-0.05, 0) is 17.8 Å². The van der Waals surface area contributed by atoms with Crippen LogP contribution in [-0.4, -0.2) is 0 Å². The molecule has 74 valence electrons. The fraction of sp³-hybridized carbons (Fsp3) is 1.00. The lowest BCUT2D eigenvalue weighted by Gasteiger charge is -2.30. The van der Waals surface area contributed by atoms with Gasteiger partial charge in [0.1, 0.15) is 0 Å². The van der Waals surface area contributed by atoms with E-state index < -0.39 is 0 Å². The molecule has 1 atom stereocenters. The molecule has 0 radical (unpaired) electrons. The average Bonchev–Trinajstić information content (AvgIpc) is 1.95. The van der Waals surface area contributed by atoms with E-state index in [0.29, 0.717) is 5.41 Å². The molecule has 0 saturated heterocycles. The van der Waals surface area contributed by atoms with Gasteiger partial charge < -0.3 is 0 Å². The van der Waals surface area contributed by atoms with E-state index >= 15 is 0 Å². The zero-order valence-corrected chi connectivity index (χ0v) is 9.61. The normalized spacial score (nSPS) is 14.8. The molecule has 0 aromatic rings.